The van der Waals surface area contributed by atoms with Gasteiger partial charge in [-0.25, -0.2) is 9.78 Å². The Hall–Kier alpha value is -4.37. The summed E-state index contributed by atoms with van der Waals surface area (Å²) < 4.78 is 41.7. The van der Waals surface area contributed by atoms with Gasteiger partial charge in [-0.1, -0.05) is 5.16 Å². The number of amides is 2. The van der Waals surface area contributed by atoms with Crippen LogP contribution >= 0.6 is 11.3 Å². The number of aliphatic imine (C=N–C) groups is 1. The van der Waals surface area contributed by atoms with Crippen molar-refractivity contribution >= 4 is 56.2 Å². The lowest BCUT2D eigenvalue weighted by Gasteiger charge is -2.50. The van der Waals surface area contributed by atoms with Gasteiger partial charge in [0.2, 0.25) is 0 Å². The number of nitrogens with two attached hydrogens (primary N) is 3. The van der Waals surface area contributed by atoms with Crippen LogP contribution in [0.15, 0.2) is 33.7 Å². The maximum absolute atomic E-state index is 13.4. The van der Waals surface area contributed by atoms with Gasteiger partial charge in [0.15, 0.2) is 16.9 Å². The number of rotatable bonds is 13. The van der Waals surface area contributed by atoms with Crippen molar-refractivity contribution < 1.29 is 46.3 Å². The molecule has 260 valence electrons. The van der Waals surface area contributed by atoms with E-state index in [0.717, 1.165) is 36.2 Å². The highest BCUT2D eigenvalue weighted by molar-refractivity contribution is 7.80. The summed E-state index contributed by atoms with van der Waals surface area (Å²) in [5.41, 5.74) is 14.9. The van der Waals surface area contributed by atoms with Gasteiger partial charge in [-0.3, -0.25) is 19.1 Å². The summed E-state index contributed by atoms with van der Waals surface area (Å²) in [6.07, 6.45) is 2.14. The number of hydroxylamine groups is 2. The maximum Gasteiger partial charge on any atom is 0.418 e. The standard InChI is InChI=1S/C28H36N8O10S2/c1-26(2)20(23(38)36(26)46-48(41,42)43)33-22(37)19(16-13-47-25(31)32-16)35-45-27(3,24(39)40)18-7-5-14-12-15(4-6-17(14)44-18)21(30)34-28(8-9-28)10-11-29/h4,6,12-13,18,20H,5,7-11,29H2,1-3H3,(H2,30,34)(H2,31,32)(H,33,37)(H,39,40)(H,41,42,43)/b35-19-/t18-,20-,27+/m1/s1. The zero-order valence-corrected chi connectivity index (χ0v) is 27.8. The lowest BCUT2D eigenvalue weighted by atomic mass is 9.84. The van der Waals surface area contributed by atoms with Crippen LogP contribution in [-0.2, 0) is 40.3 Å². The summed E-state index contributed by atoms with van der Waals surface area (Å²) in [5, 5.41) is 18.4. The first-order valence-corrected chi connectivity index (χ1v) is 17.0. The molecule has 3 aliphatic rings. The molecular weight excluding hydrogens is 672 g/mol. The van der Waals surface area contributed by atoms with Crippen molar-refractivity contribution in [3.63, 3.8) is 0 Å². The number of nitrogens with one attached hydrogen (secondary N) is 1. The van der Waals surface area contributed by atoms with Crippen molar-refractivity contribution in [1.82, 2.24) is 15.4 Å². The zero-order chi connectivity index (χ0) is 35.2. The number of benzene rings is 1. The highest BCUT2D eigenvalue weighted by Gasteiger charge is 2.58. The number of aliphatic carboxylic acids is 1. The molecule has 1 aliphatic carbocycles. The van der Waals surface area contributed by atoms with Crippen LogP contribution in [0.4, 0.5) is 5.13 Å². The van der Waals surface area contributed by atoms with Crippen LogP contribution < -0.4 is 27.3 Å². The first-order chi connectivity index (χ1) is 22.4. The van der Waals surface area contributed by atoms with E-state index in [1.54, 1.807) is 12.1 Å². The molecule has 3 atom stereocenters. The fourth-order valence-corrected chi connectivity index (χ4v) is 6.48. The number of hydrogen-bond acceptors (Lipinski definition) is 14. The van der Waals surface area contributed by atoms with Crippen molar-refractivity contribution in [2.24, 2.45) is 21.6 Å². The van der Waals surface area contributed by atoms with Crippen LogP contribution in [-0.4, -0.2) is 92.8 Å². The molecule has 2 aliphatic heterocycles. The average Bonchev–Trinajstić information content (AvgIpc) is 3.64. The third kappa shape index (κ3) is 6.92. The number of anilines is 1. The highest BCUT2D eigenvalue weighted by Crippen LogP contribution is 2.43. The molecule has 1 aromatic carbocycles. The lowest BCUT2D eigenvalue weighted by Crippen LogP contribution is -2.76. The molecule has 1 aromatic heterocycles. The summed E-state index contributed by atoms with van der Waals surface area (Å²) in [6, 6.07) is 3.92. The van der Waals surface area contributed by atoms with Crippen molar-refractivity contribution in [3.8, 4) is 5.75 Å². The van der Waals surface area contributed by atoms with Crippen LogP contribution in [0.5, 0.6) is 5.75 Å². The predicted octanol–water partition coefficient (Wildman–Crippen LogP) is 0.110. The first-order valence-electron chi connectivity index (χ1n) is 14.8. The molecule has 2 amide bonds. The Morgan fingerprint density at radius 2 is 2.02 bits per heavy atom. The molecule has 0 bridgehead atoms. The van der Waals surface area contributed by atoms with E-state index in [9.17, 15) is 27.9 Å². The molecule has 0 unspecified atom stereocenters. The maximum atomic E-state index is 13.4. The second kappa shape index (κ2) is 12.6. The second-order valence-electron chi connectivity index (χ2n) is 12.4. The molecule has 2 aromatic rings. The number of oxime groups is 1. The number of nitrogen functional groups attached to an aromatic ring is 1. The third-order valence-corrected chi connectivity index (χ3v) is 9.57. The molecular formula is C28H36N8O10S2. The number of hydrogen-bond donors (Lipinski definition) is 6. The number of β-lactam (4-membered cyclic amide) rings is 1. The molecule has 5 rings (SSSR count). The Bertz CT molecular complexity index is 1810. The highest BCUT2D eigenvalue weighted by atomic mass is 32.3. The third-order valence-electron chi connectivity index (χ3n) is 8.56. The van der Waals surface area contributed by atoms with Crippen LogP contribution in [0, 0.1) is 0 Å². The van der Waals surface area contributed by atoms with Gasteiger partial charge in [0.1, 0.15) is 23.3 Å². The molecule has 0 radical (unpaired) electrons. The minimum Gasteiger partial charge on any atom is -0.485 e. The fourth-order valence-electron chi connectivity index (χ4n) is 5.48. The molecule has 3 heterocycles. The molecule has 2 fully saturated rings. The fraction of sp³-hybridized carbons (Fsp3) is 0.500. The van der Waals surface area contributed by atoms with Gasteiger partial charge in [0, 0.05) is 10.9 Å². The molecule has 20 heteroatoms. The van der Waals surface area contributed by atoms with Crippen LogP contribution in [0.1, 0.15) is 63.3 Å². The number of fused-ring (bicyclic) bond motifs is 1. The number of thiazole rings is 1. The zero-order valence-electron chi connectivity index (χ0n) is 26.2. The number of nitrogens with zero attached hydrogens (tertiary/aromatic N) is 4. The van der Waals surface area contributed by atoms with E-state index >= 15 is 0 Å². The molecule has 1 saturated heterocycles. The van der Waals surface area contributed by atoms with Gasteiger partial charge in [0.25, 0.3) is 17.4 Å². The molecule has 0 spiro atoms. The van der Waals surface area contributed by atoms with Gasteiger partial charge >= 0.3 is 16.4 Å². The largest absolute Gasteiger partial charge is 0.485 e. The van der Waals surface area contributed by atoms with Gasteiger partial charge in [0.05, 0.1) is 11.1 Å². The minimum atomic E-state index is -5.03. The second-order valence-corrected chi connectivity index (χ2v) is 14.3. The van der Waals surface area contributed by atoms with E-state index in [1.165, 1.54) is 26.2 Å². The number of aryl methyl sites for hydroxylation is 1. The summed E-state index contributed by atoms with van der Waals surface area (Å²) in [7, 11) is -5.03. The number of carbonyl (C=O) groups excluding carboxylic acids is 2. The Balaban J connectivity index is 1.35. The average molecular weight is 709 g/mol. The van der Waals surface area contributed by atoms with Crippen molar-refractivity contribution in [2.75, 3.05) is 12.3 Å². The SMILES string of the molecule is CC1(C)[C@H](NC(=O)/C(=N\O[C@](C)(C(=O)O)[C@H]2CCc3cc(C(N)=NC4(CCN)CC4)ccc3O2)c2csc(N)n2)C(=O)N1OS(=O)(=O)O. The topological polar surface area (TPSA) is 284 Å². The van der Waals surface area contributed by atoms with Crippen molar-refractivity contribution in [3.05, 3.63) is 40.4 Å². The predicted molar refractivity (Wildman–Crippen MR) is 171 cm³/mol. The molecule has 9 N–H and O–H groups in total. The van der Waals surface area contributed by atoms with E-state index in [0.29, 0.717) is 35.2 Å². The normalized spacial score (nSPS) is 22.9. The van der Waals surface area contributed by atoms with E-state index in [1.807, 2.05) is 6.07 Å². The van der Waals surface area contributed by atoms with Crippen molar-refractivity contribution in [1.29, 1.82) is 0 Å². The number of aromatic nitrogens is 1. The minimum absolute atomic E-state index is 0.0585. The summed E-state index contributed by atoms with van der Waals surface area (Å²) >= 11 is 0.964. The summed E-state index contributed by atoms with van der Waals surface area (Å²) in [6.45, 7) is 4.50. The van der Waals surface area contributed by atoms with Crippen LogP contribution in [0.3, 0.4) is 0 Å². The number of carboxylic acid groups (broad SMARTS) is 1. The number of carboxylic acids is 1. The van der Waals surface area contributed by atoms with Gasteiger partial charge < -0.3 is 37.2 Å². The number of carbonyl (C=O) groups is 3. The summed E-state index contributed by atoms with van der Waals surface area (Å²) in [4.78, 5) is 53.0. The summed E-state index contributed by atoms with van der Waals surface area (Å²) in [5.74, 6) is -2.65. The monoisotopic (exact) mass is 708 g/mol. The quantitative estimate of drug-likeness (QED) is 0.0530. The van der Waals surface area contributed by atoms with Crippen LogP contribution in [0.2, 0.25) is 0 Å². The lowest BCUT2D eigenvalue weighted by molar-refractivity contribution is -0.218. The number of ether oxygens (including phenoxy) is 1. The molecule has 1 saturated carbocycles. The van der Waals surface area contributed by atoms with Crippen LogP contribution in [0.25, 0.3) is 0 Å². The van der Waals surface area contributed by atoms with Crippen molar-refractivity contribution in [2.45, 2.75) is 81.7 Å². The molecule has 18 nitrogen and oxygen atoms in total. The molecule has 48 heavy (non-hydrogen) atoms. The Morgan fingerprint density at radius 1 is 1.31 bits per heavy atom. The van der Waals surface area contributed by atoms with E-state index in [-0.39, 0.29) is 22.8 Å². The Kier molecular flexibility index (Phi) is 9.16. The smallest absolute Gasteiger partial charge is 0.418 e. The number of amidine groups is 1. The van der Waals surface area contributed by atoms with E-state index in [2.05, 4.69) is 19.7 Å². The van der Waals surface area contributed by atoms with E-state index < -0.39 is 57.2 Å². The Morgan fingerprint density at radius 3 is 2.58 bits per heavy atom. The van der Waals surface area contributed by atoms with Gasteiger partial charge in [-0.15, -0.1) is 15.6 Å². The van der Waals surface area contributed by atoms with Gasteiger partial charge in [-0.2, -0.15) is 13.5 Å². The first kappa shape index (κ1) is 35.0. The Labute approximate surface area is 279 Å². The van der Waals surface area contributed by atoms with Gasteiger partial charge in [-0.05, 0) is 83.2 Å². The van der Waals surface area contributed by atoms with E-state index in [4.69, 9.17) is 36.3 Å².